The van der Waals surface area contributed by atoms with Crippen molar-refractivity contribution in [3.05, 3.63) is 29.8 Å². The highest BCUT2D eigenvalue weighted by atomic mass is 16.5. The highest BCUT2D eigenvalue weighted by Gasteiger charge is 2.14. The molecule has 1 aromatic rings. The fourth-order valence-corrected chi connectivity index (χ4v) is 1.11. The van der Waals surface area contributed by atoms with Crippen molar-refractivity contribution in [2.75, 3.05) is 13.7 Å². The van der Waals surface area contributed by atoms with Gasteiger partial charge in [-0.25, -0.2) is 4.79 Å². The van der Waals surface area contributed by atoms with Crippen LogP contribution < -0.4 is 4.74 Å². The number of carbonyl (C=O) groups is 1. The zero-order valence-electron chi connectivity index (χ0n) is 9.79. The molecular formula is C12H16O5. The molecule has 2 N–H and O–H groups in total. The SMILES string of the molecule is COc1ccc(C(=O)OC[C@@H](O)[C@H](C)O)cc1. The molecule has 0 saturated carbocycles. The van der Waals surface area contributed by atoms with Crippen molar-refractivity contribution in [3.8, 4) is 5.75 Å². The van der Waals surface area contributed by atoms with Gasteiger partial charge in [-0.1, -0.05) is 0 Å². The normalized spacial score (nSPS) is 13.9. The summed E-state index contributed by atoms with van der Waals surface area (Å²) in [6, 6.07) is 6.41. The monoisotopic (exact) mass is 240 g/mol. The number of esters is 1. The van der Waals surface area contributed by atoms with Crippen molar-refractivity contribution in [2.24, 2.45) is 0 Å². The van der Waals surface area contributed by atoms with Gasteiger partial charge in [0.05, 0.1) is 18.8 Å². The van der Waals surface area contributed by atoms with Crippen LogP contribution in [0.3, 0.4) is 0 Å². The first-order chi connectivity index (χ1) is 8.04. The molecular weight excluding hydrogens is 224 g/mol. The Bertz CT molecular complexity index is 358. The lowest BCUT2D eigenvalue weighted by Crippen LogP contribution is -2.29. The maximum atomic E-state index is 11.5. The third-order valence-electron chi connectivity index (χ3n) is 2.27. The highest BCUT2D eigenvalue weighted by molar-refractivity contribution is 5.89. The fraction of sp³-hybridized carbons (Fsp3) is 0.417. The molecule has 0 bridgehead atoms. The molecule has 0 aliphatic rings. The maximum Gasteiger partial charge on any atom is 0.338 e. The van der Waals surface area contributed by atoms with E-state index >= 15 is 0 Å². The number of carbonyl (C=O) groups excluding carboxylic acids is 1. The Morgan fingerprint density at radius 1 is 1.29 bits per heavy atom. The van der Waals surface area contributed by atoms with Gasteiger partial charge in [-0.05, 0) is 31.2 Å². The van der Waals surface area contributed by atoms with Gasteiger partial charge in [0.25, 0.3) is 0 Å². The second-order valence-electron chi connectivity index (χ2n) is 3.63. The Labute approximate surface area is 99.6 Å². The molecule has 0 aliphatic heterocycles. The van der Waals surface area contributed by atoms with Gasteiger partial charge in [-0.3, -0.25) is 0 Å². The Hall–Kier alpha value is -1.59. The molecule has 0 saturated heterocycles. The molecule has 17 heavy (non-hydrogen) atoms. The van der Waals surface area contributed by atoms with Crippen LogP contribution in [0.1, 0.15) is 17.3 Å². The van der Waals surface area contributed by atoms with Crippen LogP contribution in [0, 0.1) is 0 Å². The van der Waals surface area contributed by atoms with E-state index in [0.29, 0.717) is 11.3 Å². The van der Waals surface area contributed by atoms with Crippen molar-refractivity contribution in [2.45, 2.75) is 19.1 Å². The molecule has 0 spiro atoms. The molecule has 0 radical (unpaired) electrons. The first kappa shape index (κ1) is 13.5. The van der Waals surface area contributed by atoms with Crippen LogP contribution >= 0.6 is 0 Å². The smallest absolute Gasteiger partial charge is 0.338 e. The molecule has 0 heterocycles. The maximum absolute atomic E-state index is 11.5. The van der Waals surface area contributed by atoms with E-state index in [1.807, 2.05) is 0 Å². The lowest BCUT2D eigenvalue weighted by Gasteiger charge is -2.13. The van der Waals surface area contributed by atoms with Gasteiger partial charge in [0.15, 0.2) is 0 Å². The zero-order valence-corrected chi connectivity index (χ0v) is 9.79. The van der Waals surface area contributed by atoms with E-state index in [4.69, 9.17) is 14.6 Å². The van der Waals surface area contributed by atoms with Crippen LogP contribution in [0.2, 0.25) is 0 Å². The third-order valence-corrected chi connectivity index (χ3v) is 2.27. The molecule has 0 aliphatic carbocycles. The summed E-state index contributed by atoms with van der Waals surface area (Å²) < 4.78 is 9.79. The van der Waals surface area contributed by atoms with E-state index in [2.05, 4.69) is 0 Å². The lowest BCUT2D eigenvalue weighted by atomic mass is 10.2. The number of benzene rings is 1. The molecule has 5 nitrogen and oxygen atoms in total. The first-order valence-corrected chi connectivity index (χ1v) is 5.22. The number of aliphatic hydroxyl groups excluding tert-OH is 2. The predicted molar refractivity (Wildman–Crippen MR) is 61.0 cm³/mol. The third kappa shape index (κ3) is 4.05. The van der Waals surface area contributed by atoms with Crippen LogP contribution in [-0.4, -0.2) is 42.1 Å². The number of methoxy groups -OCH3 is 1. The van der Waals surface area contributed by atoms with Crippen LogP contribution in [0.15, 0.2) is 24.3 Å². The van der Waals surface area contributed by atoms with Crippen LogP contribution in [0.5, 0.6) is 5.75 Å². The highest BCUT2D eigenvalue weighted by Crippen LogP contribution is 2.12. The van der Waals surface area contributed by atoms with E-state index < -0.39 is 18.2 Å². The van der Waals surface area contributed by atoms with Gasteiger partial charge in [-0.2, -0.15) is 0 Å². The minimum atomic E-state index is -1.07. The number of rotatable bonds is 5. The minimum absolute atomic E-state index is 0.234. The summed E-state index contributed by atoms with van der Waals surface area (Å²) in [7, 11) is 1.53. The summed E-state index contributed by atoms with van der Waals surface area (Å²) in [6.45, 7) is 1.19. The Kier molecular flexibility index (Phi) is 4.93. The van der Waals surface area contributed by atoms with Crippen LogP contribution in [0.25, 0.3) is 0 Å². The van der Waals surface area contributed by atoms with Gasteiger partial charge in [-0.15, -0.1) is 0 Å². The van der Waals surface area contributed by atoms with Crippen molar-refractivity contribution < 1.29 is 24.5 Å². The van der Waals surface area contributed by atoms with Gasteiger partial charge in [0.1, 0.15) is 18.5 Å². The Morgan fingerprint density at radius 3 is 2.35 bits per heavy atom. The number of hydrogen-bond donors (Lipinski definition) is 2. The van der Waals surface area contributed by atoms with Crippen molar-refractivity contribution in [3.63, 3.8) is 0 Å². The van der Waals surface area contributed by atoms with Crippen LogP contribution in [0.4, 0.5) is 0 Å². The average Bonchev–Trinajstić information content (AvgIpc) is 2.35. The van der Waals surface area contributed by atoms with Crippen molar-refractivity contribution in [1.29, 1.82) is 0 Å². The second kappa shape index (κ2) is 6.22. The summed E-state index contributed by atoms with van der Waals surface area (Å²) >= 11 is 0. The van der Waals surface area contributed by atoms with Gasteiger partial charge < -0.3 is 19.7 Å². The standard InChI is InChI=1S/C12H16O5/c1-8(13)11(14)7-17-12(15)9-3-5-10(16-2)6-4-9/h3-6,8,11,13-14H,7H2,1-2H3/t8-,11+/m0/s1. The summed E-state index contributed by atoms with van der Waals surface area (Å²) in [5.74, 6) is 0.0953. The summed E-state index contributed by atoms with van der Waals surface area (Å²) in [6.07, 6.45) is -2.00. The summed E-state index contributed by atoms with van der Waals surface area (Å²) in [4.78, 5) is 11.5. The molecule has 1 aromatic carbocycles. The molecule has 0 unspecified atom stereocenters. The first-order valence-electron chi connectivity index (χ1n) is 5.22. The van der Waals surface area contributed by atoms with E-state index in [0.717, 1.165) is 0 Å². The number of ether oxygens (including phenoxy) is 2. The summed E-state index contributed by atoms with van der Waals surface area (Å²) in [5.41, 5.74) is 0.364. The Morgan fingerprint density at radius 2 is 1.88 bits per heavy atom. The van der Waals surface area contributed by atoms with E-state index in [1.54, 1.807) is 24.3 Å². The zero-order chi connectivity index (χ0) is 12.8. The molecule has 0 fully saturated rings. The van der Waals surface area contributed by atoms with Crippen molar-refractivity contribution in [1.82, 2.24) is 0 Å². The fourth-order valence-electron chi connectivity index (χ4n) is 1.11. The predicted octanol–water partition coefficient (Wildman–Crippen LogP) is 0.594. The second-order valence-corrected chi connectivity index (χ2v) is 3.63. The molecule has 5 heteroatoms. The lowest BCUT2D eigenvalue weighted by molar-refractivity contribution is -0.0201. The molecule has 1 rings (SSSR count). The number of hydrogen-bond acceptors (Lipinski definition) is 5. The van der Waals surface area contributed by atoms with E-state index in [1.165, 1.54) is 14.0 Å². The van der Waals surface area contributed by atoms with E-state index in [9.17, 15) is 9.90 Å². The topological polar surface area (TPSA) is 76.0 Å². The molecule has 94 valence electrons. The Balaban J connectivity index is 2.52. The number of aliphatic hydroxyl groups is 2. The molecule has 2 atom stereocenters. The quantitative estimate of drug-likeness (QED) is 0.737. The largest absolute Gasteiger partial charge is 0.497 e. The van der Waals surface area contributed by atoms with Gasteiger partial charge in [0.2, 0.25) is 0 Å². The molecule has 0 amide bonds. The average molecular weight is 240 g/mol. The summed E-state index contributed by atoms with van der Waals surface area (Å²) in [5, 5.41) is 18.3. The minimum Gasteiger partial charge on any atom is -0.497 e. The van der Waals surface area contributed by atoms with Crippen LogP contribution in [-0.2, 0) is 4.74 Å². The van der Waals surface area contributed by atoms with E-state index in [-0.39, 0.29) is 6.61 Å². The van der Waals surface area contributed by atoms with Gasteiger partial charge in [0, 0.05) is 0 Å². The van der Waals surface area contributed by atoms with Gasteiger partial charge >= 0.3 is 5.97 Å². The molecule has 0 aromatic heterocycles. The van der Waals surface area contributed by atoms with Crippen molar-refractivity contribution >= 4 is 5.97 Å².